The zero-order valence-corrected chi connectivity index (χ0v) is 11.5. The van der Waals surface area contributed by atoms with Gasteiger partial charge in [-0.25, -0.2) is 4.39 Å². The molecule has 1 aromatic carbocycles. The highest BCUT2D eigenvalue weighted by atomic mass is 35.5. The van der Waals surface area contributed by atoms with E-state index < -0.39 is 0 Å². The summed E-state index contributed by atoms with van der Waals surface area (Å²) in [5.41, 5.74) is 0.782. The van der Waals surface area contributed by atoms with Crippen LogP contribution in [-0.4, -0.2) is 7.11 Å². The lowest BCUT2D eigenvalue weighted by Crippen LogP contribution is -2.09. The highest BCUT2D eigenvalue weighted by Gasteiger charge is 2.21. The molecule has 1 aliphatic rings. The van der Waals surface area contributed by atoms with Crippen LogP contribution in [0.2, 0.25) is 0 Å². The van der Waals surface area contributed by atoms with Crippen LogP contribution in [-0.2, 0) is 0 Å². The van der Waals surface area contributed by atoms with Crippen molar-refractivity contribution in [1.82, 2.24) is 0 Å². The number of hydrogen-bond acceptors (Lipinski definition) is 1. The third-order valence-corrected chi connectivity index (χ3v) is 4.21. The summed E-state index contributed by atoms with van der Waals surface area (Å²) in [6.07, 6.45) is 7.36. The van der Waals surface area contributed by atoms with E-state index in [1.165, 1.54) is 44.2 Å². The number of alkyl halides is 1. The van der Waals surface area contributed by atoms with Crippen molar-refractivity contribution in [3.05, 3.63) is 29.6 Å². The smallest absolute Gasteiger partial charge is 0.123 e. The number of methoxy groups -OCH3 is 1. The first-order valence-electron chi connectivity index (χ1n) is 6.68. The van der Waals surface area contributed by atoms with Crippen molar-refractivity contribution >= 4 is 11.6 Å². The molecule has 0 aromatic heterocycles. The molecule has 1 saturated carbocycles. The standard InChI is InChI=1S/C15H20ClFO/c1-18-15-8-7-12(17)10-13(15)14(16)9-11-5-3-2-4-6-11/h7-8,10-11,14H,2-6,9H2,1H3. The topological polar surface area (TPSA) is 9.23 Å². The Kier molecular flexibility index (Phi) is 4.87. The Balaban J connectivity index is 2.07. The number of rotatable bonds is 4. The first-order valence-corrected chi connectivity index (χ1v) is 7.12. The predicted octanol–water partition coefficient (Wildman–Crippen LogP) is 5.08. The van der Waals surface area contributed by atoms with Crippen LogP contribution in [0.4, 0.5) is 4.39 Å². The van der Waals surface area contributed by atoms with Gasteiger partial charge in [0.15, 0.2) is 0 Å². The minimum absolute atomic E-state index is 0.154. The first kappa shape index (κ1) is 13.7. The molecule has 0 N–H and O–H groups in total. The van der Waals surface area contributed by atoms with Gasteiger partial charge in [0.05, 0.1) is 12.5 Å². The lowest BCUT2D eigenvalue weighted by Gasteiger charge is -2.24. The molecule has 1 unspecified atom stereocenters. The first-order chi connectivity index (χ1) is 8.70. The van der Waals surface area contributed by atoms with Crippen molar-refractivity contribution in [1.29, 1.82) is 0 Å². The lowest BCUT2D eigenvalue weighted by atomic mass is 9.85. The molecule has 1 nitrogen and oxygen atoms in total. The van der Waals surface area contributed by atoms with Crippen LogP contribution >= 0.6 is 11.6 Å². The summed E-state index contributed by atoms with van der Waals surface area (Å²) in [5.74, 6) is 1.11. The monoisotopic (exact) mass is 270 g/mol. The zero-order chi connectivity index (χ0) is 13.0. The molecule has 1 aromatic rings. The molecule has 2 rings (SSSR count). The molecule has 0 saturated heterocycles. The second-order valence-corrected chi connectivity index (χ2v) is 5.62. The van der Waals surface area contributed by atoms with Crippen LogP contribution in [0.5, 0.6) is 5.75 Å². The van der Waals surface area contributed by atoms with Gasteiger partial charge in [-0.3, -0.25) is 0 Å². The molecule has 1 fully saturated rings. The molecule has 1 aliphatic carbocycles. The molecule has 0 aliphatic heterocycles. The maximum atomic E-state index is 13.3. The molecule has 18 heavy (non-hydrogen) atoms. The van der Waals surface area contributed by atoms with Crippen LogP contribution in [0.3, 0.4) is 0 Å². The number of benzene rings is 1. The van der Waals surface area contributed by atoms with E-state index in [2.05, 4.69) is 0 Å². The minimum atomic E-state index is -0.250. The van der Waals surface area contributed by atoms with E-state index in [1.807, 2.05) is 0 Å². The summed E-state index contributed by atoms with van der Waals surface area (Å²) in [5, 5.41) is -0.154. The van der Waals surface area contributed by atoms with Crippen molar-refractivity contribution in [3.63, 3.8) is 0 Å². The Morgan fingerprint density at radius 3 is 2.72 bits per heavy atom. The summed E-state index contributed by atoms with van der Waals surface area (Å²) < 4.78 is 18.6. The maximum Gasteiger partial charge on any atom is 0.123 e. The van der Waals surface area contributed by atoms with E-state index in [-0.39, 0.29) is 11.2 Å². The third kappa shape index (κ3) is 3.38. The second kappa shape index (κ2) is 6.42. The number of halogens is 2. The fourth-order valence-electron chi connectivity index (χ4n) is 2.79. The largest absolute Gasteiger partial charge is 0.496 e. The van der Waals surface area contributed by atoms with Gasteiger partial charge in [0.1, 0.15) is 11.6 Å². The van der Waals surface area contributed by atoms with E-state index in [9.17, 15) is 4.39 Å². The summed E-state index contributed by atoms with van der Waals surface area (Å²) in [4.78, 5) is 0. The molecule has 0 heterocycles. The van der Waals surface area contributed by atoms with Gasteiger partial charge in [-0.15, -0.1) is 11.6 Å². The Bertz CT molecular complexity index is 388. The quantitative estimate of drug-likeness (QED) is 0.693. The van der Waals surface area contributed by atoms with Gasteiger partial charge < -0.3 is 4.74 Å². The van der Waals surface area contributed by atoms with Gasteiger partial charge in [0.25, 0.3) is 0 Å². The van der Waals surface area contributed by atoms with E-state index in [4.69, 9.17) is 16.3 Å². The highest BCUT2D eigenvalue weighted by molar-refractivity contribution is 6.21. The van der Waals surface area contributed by atoms with Gasteiger partial charge in [-0.1, -0.05) is 32.1 Å². The lowest BCUT2D eigenvalue weighted by molar-refractivity contribution is 0.333. The molecule has 3 heteroatoms. The van der Waals surface area contributed by atoms with E-state index in [0.29, 0.717) is 11.7 Å². The summed E-state index contributed by atoms with van der Waals surface area (Å²) >= 11 is 6.45. The third-order valence-electron chi connectivity index (χ3n) is 3.79. The fourth-order valence-corrected chi connectivity index (χ4v) is 3.21. The average Bonchev–Trinajstić information content (AvgIpc) is 2.40. The molecule has 0 bridgehead atoms. The summed E-state index contributed by atoms with van der Waals surface area (Å²) in [6, 6.07) is 4.56. The summed E-state index contributed by atoms with van der Waals surface area (Å²) in [6.45, 7) is 0. The molecular formula is C15H20ClFO. The SMILES string of the molecule is COc1ccc(F)cc1C(Cl)CC1CCCCC1. The molecule has 0 spiro atoms. The van der Waals surface area contributed by atoms with Gasteiger partial charge >= 0.3 is 0 Å². The van der Waals surface area contributed by atoms with Crippen molar-refractivity contribution in [2.24, 2.45) is 5.92 Å². The molecular weight excluding hydrogens is 251 g/mol. The van der Waals surface area contributed by atoms with Crippen molar-refractivity contribution in [2.75, 3.05) is 7.11 Å². The Hall–Kier alpha value is -0.760. The van der Waals surface area contributed by atoms with Crippen molar-refractivity contribution in [3.8, 4) is 5.75 Å². The normalized spacial score (nSPS) is 18.6. The number of hydrogen-bond donors (Lipinski definition) is 0. The van der Waals surface area contributed by atoms with Crippen LogP contribution in [0.1, 0.15) is 49.5 Å². The van der Waals surface area contributed by atoms with Crippen LogP contribution in [0.15, 0.2) is 18.2 Å². The van der Waals surface area contributed by atoms with Gasteiger partial charge in [0, 0.05) is 5.56 Å². The fraction of sp³-hybridized carbons (Fsp3) is 0.600. The minimum Gasteiger partial charge on any atom is -0.496 e. The zero-order valence-electron chi connectivity index (χ0n) is 10.8. The molecule has 0 radical (unpaired) electrons. The maximum absolute atomic E-state index is 13.3. The predicted molar refractivity (Wildman–Crippen MR) is 72.7 cm³/mol. The molecule has 0 amide bonds. The second-order valence-electron chi connectivity index (χ2n) is 5.09. The van der Waals surface area contributed by atoms with Crippen molar-refractivity contribution < 1.29 is 9.13 Å². The van der Waals surface area contributed by atoms with Crippen LogP contribution in [0, 0.1) is 11.7 Å². The average molecular weight is 271 g/mol. The van der Waals surface area contributed by atoms with Gasteiger partial charge in [-0.2, -0.15) is 0 Å². The van der Waals surface area contributed by atoms with E-state index in [0.717, 1.165) is 12.0 Å². The summed E-state index contributed by atoms with van der Waals surface area (Å²) in [7, 11) is 1.60. The highest BCUT2D eigenvalue weighted by Crippen LogP contribution is 2.38. The van der Waals surface area contributed by atoms with Gasteiger partial charge in [-0.05, 0) is 30.5 Å². The molecule has 100 valence electrons. The Morgan fingerprint density at radius 1 is 1.33 bits per heavy atom. The Morgan fingerprint density at radius 2 is 2.06 bits per heavy atom. The van der Waals surface area contributed by atoms with Gasteiger partial charge in [0.2, 0.25) is 0 Å². The Labute approximate surface area is 113 Å². The van der Waals surface area contributed by atoms with Crippen LogP contribution < -0.4 is 4.74 Å². The molecule has 1 atom stereocenters. The number of ether oxygens (including phenoxy) is 1. The van der Waals surface area contributed by atoms with E-state index >= 15 is 0 Å². The van der Waals surface area contributed by atoms with Crippen molar-refractivity contribution in [2.45, 2.75) is 43.9 Å². The van der Waals surface area contributed by atoms with Crippen LogP contribution in [0.25, 0.3) is 0 Å². The van der Waals surface area contributed by atoms with E-state index in [1.54, 1.807) is 13.2 Å².